The fourth-order valence-electron chi connectivity index (χ4n) is 1.37. The highest BCUT2D eigenvalue weighted by atomic mass is 15.4. The van der Waals surface area contributed by atoms with Crippen LogP contribution >= 0.6 is 0 Å². The molecule has 2 aromatic heterocycles. The van der Waals surface area contributed by atoms with E-state index in [1.807, 2.05) is 14.1 Å². The molecule has 19 heavy (non-hydrogen) atoms. The van der Waals surface area contributed by atoms with Crippen molar-refractivity contribution in [3.05, 3.63) is 18.5 Å². The fourth-order valence-corrected chi connectivity index (χ4v) is 1.37. The lowest BCUT2D eigenvalue weighted by Gasteiger charge is -2.19. The topological polar surface area (TPSA) is 97.8 Å². The van der Waals surface area contributed by atoms with Crippen molar-refractivity contribution in [2.75, 3.05) is 31.7 Å². The molecule has 2 heterocycles. The molecule has 0 aliphatic rings. The Hall–Kier alpha value is -2.22. The van der Waals surface area contributed by atoms with Gasteiger partial charge in [-0.05, 0) is 27.1 Å². The van der Waals surface area contributed by atoms with E-state index in [1.165, 1.54) is 0 Å². The SMILES string of the molecule is CC(CNc1nc(N)nc(-n2cccn2)n1)N(C)C. The van der Waals surface area contributed by atoms with Crippen molar-refractivity contribution in [1.29, 1.82) is 0 Å². The zero-order valence-electron chi connectivity index (χ0n) is 11.3. The van der Waals surface area contributed by atoms with Crippen molar-refractivity contribution in [3.63, 3.8) is 0 Å². The summed E-state index contributed by atoms with van der Waals surface area (Å²) in [7, 11) is 4.03. The summed E-state index contributed by atoms with van der Waals surface area (Å²) in [5, 5.41) is 7.21. The molecule has 1 unspecified atom stereocenters. The van der Waals surface area contributed by atoms with Crippen LogP contribution in [0.4, 0.5) is 11.9 Å². The molecule has 0 bridgehead atoms. The number of hydrogen-bond donors (Lipinski definition) is 2. The standard InChI is InChI=1S/C11H18N8/c1-8(18(2)3)7-13-10-15-9(12)16-11(17-10)19-6-4-5-14-19/h4-6,8H,7H2,1-3H3,(H3,12,13,15,16,17). The largest absolute Gasteiger partial charge is 0.368 e. The van der Waals surface area contributed by atoms with Crippen LogP contribution in [0.1, 0.15) is 6.92 Å². The monoisotopic (exact) mass is 262 g/mol. The number of rotatable bonds is 5. The molecule has 2 aromatic rings. The summed E-state index contributed by atoms with van der Waals surface area (Å²) in [5.41, 5.74) is 5.68. The van der Waals surface area contributed by atoms with Crippen LogP contribution in [-0.4, -0.2) is 56.3 Å². The van der Waals surface area contributed by atoms with Gasteiger partial charge in [0, 0.05) is 25.0 Å². The number of aromatic nitrogens is 5. The Balaban J connectivity index is 2.13. The van der Waals surface area contributed by atoms with E-state index in [-0.39, 0.29) is 5.95 Å². The number of nitrogens with two attached hydrogens (primary N) is 1. The van der Waals surface area contributed by atoms with Gasteiger partial charge in [-0.3, -0.25) is 0 Å². The molecule has 0 saturated heterocycles. The van der Waals surface area contributed by atoms with Crippen LogP contribution in [0.15, 0.2) is 18.5 Å². The van der Waals surface area contributed by atoms with E-state index in [4.69, 9.17) is 5.73 Å². The molecule has 0 saturated carbocycles. The Labute approximate surface area is 111 Å². The minimum absolute atomic E-state index is 0.167. The van der Waals surface area contributed by atoms with Crippen LogP contribution in [-0.2, 0) is 0 Å². The smallest absolute Gasteiger partial charge is 0.257 e. The van der Waals surface area contributed by atoms with E-state index in [0.29, 0.717) is 17.9 Å². The van der Waals surface area contributed by atoms with Crippen LogP contribution in [0.25, 0.3) is 5.95 Å². The molecule has 0 aliphatic carbocycles. The molecule has 0 spiro atoms. The summed E-state index contributed by atoms with van der Waals surface area (Å²) in [6.07, 6.45) is 3.40. The molecule has 2 rings (SSSR count). The summed E-state index contributed by atoms with van der Waals surface area (Å²) in [5.74, 6) is 1.02. The highest BCUT2D eigenvalue weighted by Crippen LogP contribution is 2.06. The number of hydrogen-bond acceptors (Lipinski definition) is 7. The second-order valence-electron chi connectivity index (χ2n) is 4.46. The Bertz CT molecular complexity index is 521. The third-order valence-electron chi connectivity index (χ3n) is 2.79. The average Bonchev–Trinajstić information content (AvgIpc) is 2.89. The first kappa shape index (κ1) is 13.2. The second kappa shape index (κ2) is 5.61. The van der Waals surface area contributed by atoms with Gasteiger partial charge in [-0.15, -0.1) is 0 Å². The first-order valence-corrected chi connectivity index (χ1v) is 5.98. The minimum Gasteiger partial charge on any atom is -0.368 e. The molecule has 102 valence electrons. The summed E-state index contributed by atoms with van der Waals surface area (Å²) < 4.78 is 1.54. The number of nitrogen functional groups attached to an aromatic ring is 1. The van der Waals surface area contributed by atoms with Gasteiger partial charge in [-0.25, -0.2) is 4.68 Å². The lowest BCUT2D eigenvalue weighted by atomic mass is 10.3. The third-order valence-corrected chi connectivity index (χ3v) is 2.79. The number of likely N-dealkylation sites (N-methyl/N-ethyl adjacent to an activating group) is 1. The molecule has 8 nitrogen and oxygen atoms in total. The first-order chi connectivity index (χ1) is 9.06. The van der Waals surface area contributed by atoms with E-state index in [0.717, 1.165) is 6.54 Å². The highest BCUT2D eigenvalue weighted by Gasteiger charge is 2.08. The molecule has 0 aromatic carbocycles. The summed E-state index contributed by atoms with van der Waals surface area (Å²) in [4.78, 5) is 14.5. The van der Waals surface area contributed by atoms with Gasteiger partial charge in [-0.2, -0.15) is 20.1 Å². The maximum atomic E-state index is 5.68. The molecule has 0 aliphatic heterocycles. The second-order valence-corrected chi connectivity index (χ2v) is 4.46. The van der Waals surface area contributed by atoms with Gasteiger partial charge in [0.05, 0.1) is 0 Å². The normalized spacial score (nSPS) is 12.6. The van der Waals surface area contributed by atoms with Gasteiger partial charge in [0.1, 0.15) is 0 Å². The summed E-state index contributed by atoms with van der Waals surface area (Å²) in [6, 6.07) is 2.15. The van der Waals surface area contributed by atoms with Crippen LogP contribution in [0.5, 0.6) is 0 Å². The molecular weight excluding hydrogens is 244 g/mol. The predicted octanol–water partition coefficient (Wildman–Crippen LogP) is 0.00150. The zero-order chi connectivity index (χ0) is 13.8. The molecule has 8 heteroatoms. The van der Waals surface area contributed by atoms with Crippen molar-refractivity contribution < 1.29 is 0 Å². The van der Waals surface area contributed by atoms with E-state index < -0.39 is 0 Å². The van der Waals surface area contributed by atoms with E-state index in [9.17, 15) is 0 Å². The lowest BCUT2D eigenvalue weighted by molar-refractivity contribution is 0.325. The van der Waals surface area contributed by atoms with Crippen LogP contribution in [0, 0.1) is 0 Å². The van der Waals surface area contributed by atoms with Gasteiger partial charge in [-0.1, -0.05) is 0 Å². The molecule has 0 fully saturated rings. The predicted molar refractivity (Wildman–Crippen MR) is 73.0 cm³/mol. The van der Waals surface area contributed by atoms with Crippen LogP contribution < -0.4 is 11.1 Å². The lowest BCUT2D eigenvalue weighted by Crippen LogP contribution is -2.32. The van der Waals surface area contributed by atoms with Gasteiger partial charge < -0.3 is 16.0 Å². The maximum absolute atomic E-state index is 5.68. The fraction of sp³-hybridized carbons (Fsp3) is 0.455. The van der Waals surface area contributed by atoms with Gasteiger partial charge in [0.15, 0.2) is 0 Å². The van der Waals surface area contributed by atoms with Crippen molar-refractivity contribution in [3.8, 4) is 5.95 Å². The first-order valence-electron chi connectivity index (χ1n) is 5.98. The summed E-state index contributed by atoms with van der Waals surface area (Å²) in [6.45, 7) is 2.82. The molecule has 3 N–H and O–H groups in total. The quantitative estimate of drug-likeness (QED) is 0.782. The van der Waals surface area contributed by atoms with Gasteiger partial charge in [0.2, 0.25) is 11.9 Å². The Morgan fingerprint density at radius 2 is 2.16 bits per heavy atom. The number of anilines is 2. The van der Waals surface area contributed by atoms with Crippen molar-refractivity contribution in [1.82, 2.24) is 29.6 Å². The van der Waals surface area contributed by atoms with Crippen LogP contribution in [0.2, 0.25) is 0 Å². The Morgan fingerprint density at radius 3 is 2.79 bits per heavy atom. The average molecular weight is 262 g/mol. The Kier molecular flexibility index (Phi) is 3.91. The van der Waals surface area contributed by atoms with Crippen molar-refractivity contribution >= 4 is 11.9 Å². The van der Waals surface area contributed by atoms with Gasteiger partial charge in [0.25, 0.3) is 5.95 Å². The van der Waals surface area contributed by atoms with Gasteiger partial charge >= 0.3 is 0 Å². The van der Waals surface area contributed by atoms with Crippen molar-refractivity contribution in [2.45, 2.75) is 13.0 Å². The van der Waals surface area contributed by atoms with E-state index in [2.05, 4.69) is 37.2 Å². The maximum Gasteiger partial charge on any atom is 0.257 e. The Morgan fingerprint density at radius 1 is 1.37 bits per heavy atom. The molecule has 0 amide bonds. The third kappa shape index (κ3) is 3.38. The molecular formula is C11H18N8. The molecule has 0 radical (unpaired) electrons. The van der Waals surface area contributed by atoms with Crippen molar-refractivity contribution in [2.24, 2.45) is 0 Å². The van der Waals surface area contributed by atoms with E-state index in [1.54, 1.807) is 23.1 Å². The number of nitrogens with zero attached hydrogens (tertiary/aromatic N) is 6. The van der Waals surface area contributed by atoms with E-state index >= 15 is 0 Å². The minimum atomic E-state index is 0.167. The molecule has 1 atom stereocenters. The summed E-state index contributed by atoms with van der Waals surface area (Å²) >= 11 is 0. The highest BCUT2D eigenvalue weighted by molar-refractivity contribution is 5.34. The zero-order valence-corrected chi connectivity index (χ0v) is 11.3. The number of nitrogens with one attached hydrogen (secondary N) is 1. The van der Waals surface area contributed by atoms with Crippen LogP contribution in [0.3, 0.4) is 0 Å².